The van der Waals surface area contributed by atoms with Gasteiger partial charge in [-0.3, -0.25) is 4.79 Å². The summed E-state index contributed by atoms with van der Waals surface area (Å²) < 4.78 is 10.4. The monoisotopic (exact) mass is 274 g/mol. The van der Waals surface area contributed by atoms with Crippen LogP contribution < -0.4 is 9.47 Å². The number of likely N-dealkylation sites (tertiary alicyclic amines) is 1. The summed E-state index contributed by atoms with van der Waals surface area (Å²) in [5.41, 5.74) is 1.08. The molecule has 0 saturated carbocycles. The number of hydrogen-bond donors (Lipinski definition) is 0. The molecule has 0 aliphatic carbocycles. The van der Waals surface area contributed by atoms with Gasteiger partial charge in [0.2, 0.25) is 5.91 Å². The van der Waals surface area contributed by atoms with Gasteiger partial charge in [-0.25, -0.2) is 0 Å². The molecule has 1 amide bonds. The third-order valence-electron chi connectivity index (χ3n) is 3.52. The molecule has 1 aromatic carbocycles. The highest BCUT2D eigenvalue weighted by Gasteiger charge is 2.28. The molecule has 1 unspecified atom stereocenters. The second kappa shape index (κ2) is 6.29. The Morgan fingerprint density at radius 1 is 1.35 bits per heavy atom. The van der Waals surface area contributed by atoms with Crippen molar-refractivity contribution in [2.45, 2.75) is 12.8 Å². The van der Waals surface area contributed by atoms with Crippen LogP contribution >= 0.6 is 0 Å². The molecule has 0 radical (unpaired) electrons. The van der Waals surface area contributed by atoms with E-state index in [1.54, 1.807) is 19.1 Å². The molecule has 1 heterocycles. The van der Waals surface area contributed by atoms with Crippen molar-refractivity contribution in [2.24, 2.45) is 5.92 Å². The van der Waals surface area contributed by atoms with Gasteiger partial charge in [0.15, 0.2) is 11.5 Å². The molecule has 0 aromatic heterocycles. The van der Waals surface area contributed by atoms with Gasteiger partial charge in [0.25, 0.3) is 0 Å². The van der Waals surface area contributed by atoms with Crippen LogP contribution in [0.5, 0.6) is 11.5 Å². The van der Waals surface area contributed by atoms with E-state index in [4.69, 9.17) is 14.7 Å². The molecule has 20 heavy (non-hydrogen) atoms. The van der Waals surface area contributed by atoms with Gasteiger partial charge in [-0.1, -0.05) is 6.07 Å². The lowest BCUT2D eigenvalue weighted by Gasteiger charge is -2.16. The Labute approximate surface area is 118 Å². The highest BCUT2D eigenvalue weighted by atomic mass is 16.5. The summed E-state index contributed by atoms with van der Waals surface area (Å²) in [5.74, 6) is 1.29. The first-order valence-electron chi connectivity index (χ1n) is 6.56. The summed E-state index contributed by atoms with van der Waals surface area (Å²) >= 11 is 0. The van der Waals surface area contributed by atoms with Crippen LogP contribution in [0, 0.1) is 17.2 Å². The number of nitriles is 1. The normalized spacial score (nSPS) is 17.9. The zero-order chi connectivity index (χ0) is 14.5. The topological polar surface area (TPSA) is 62.6 Å². The number of ether oxygens (including phenoxy) is 2. The van der Waals surface area contributed by atoms with E-state index in [9.17, 15) is 4.79 Å². The number of benzene rings is 1. The first-order valence-corrected chi connectivity index (χ1v) is 6.56. The van der Waals surface area contributed by atoms with Crippen molar-refractivity contribution >= 4 is 5.91 Å². The van der Waals surface area contributed by atoms with Crippen molar-refractivity contribution in [3.63, 3.8) is 0 Å². The molecule has 1 atom stereocenters. The Bertz CT molecular complexity index is 536. The molecule has 1 fully saturated rings. The number of amides is 1. The summed E-state index contributed by atoms with van der Waals surface area (Å²) in [4.78, 5) is 13.5. The summed E-state index contributed by atoms with van der Waals surface area (Å²) in [7, 11) is 3.20. The van der Waals surface area contributed by atoms with Crippen LogP contribution in [0.4, 0.5) is 0 Å². The second-order valence-corrected chi connectivity index (χ2v) is 4.81. The SMILES string of the molecule is COc1ccc(CCN2CC(C#N)CC2=O)cc1OC. The van der Waals surface area contributed by atoms with E-state index in [0.717, 1.165) is 12.0 Å². The van der Waals surface area contributed by atoms with E-state index in [1.165, 1.54) is 0 Å². The highest BCUT2D eigenvalue weighted by molar-refractivity contribution is 5.79. The van der Waals surface area contributed by atoms with Crippen LogP contribution in [0.3, 0.4) is 0 Å². The molecule has 0 bridgehead atoms. The van der Waals surface area contributed by atoms with Gasteiger partial charge in [0.05, 0.1) is 26.2 Å². The molecule has 1 aromatic rings. The van der Waals surface area contributed by atoms with Crippen molar-refractivity contribution in [3.05, 3.63) is 23.8 Å². The van der Waals surface area contributed by atoms with Crippen molar-refractivity contribution < 1.29 is 14.3 Å². The molecule has 106 valence electrons. The van der Waals surface area contributed by atoms with Crippen LogP contribution in [0.1, 0.15) is 12.0 Å². The molecule has 1 aliphatic heterocycles. The van der Waals surface area contributed by atoms with Crippen LogP contribution in [-0.4, -0.2) is 38.1 Å². The van der Waals surface area contributed by atoms with Gasteiger partial charge < -0.3 is 14.4 Å². The average molecular weight is 274 g/mol. The third-order valence-corrected chi connectivity index (χ3v) is 3.52. The minimum absolute atomic E-state index is 0.0667. The minimum atomic E-state index is -0.159. The number of methoxy groups -OCH3 is 2. The predicted octanol–water partition coefficient (Wildman–Crippen LogP) is 1.62. The Morgan fingerprint density at radius 3 is 2.70 bits per heavy atom. The Kier molecular flexibility index (Phi) is 4.46. The van der Waals surface area contributed by atoms with Gasteiger partial charge >= 0.3 is 0 Å². The fourth-order valence-corrected chi connectivity index (χ4v) is 2.37. The van der Waals surface area contributed by atoms with Crippen LogP contribution in [0.2, 0.25) is 0 Å². The molecule has 0 spiro atoms. The lowest BCUT2D eigenvalue weighted by atomic mass is 10.1. The fraction of sp³-hybridized carbons (Fsp3) is 0.467. The average Bonchev–Trinajstić information content (AvgIpc) is 2.85. The summed E-state index contributed by atoms with van der Waals surface area (Å²) in [5, 5.41) is 8.85. The van der Waals surface area contributed by atoms with Crippen molar-refractivity contribution in [3.8, 4) is 17.6 Å². The van der Waals surface area contributed by atoms with Crippen LogP contribution in [-0.2, 0) is 11.2 Å². The lowest BCUT2D eigenvalue weighted by molar-refractivity contribution is -0.127. The summed E-state index contributed by atoms with van der Waals surface area (Å²) in [6.07, 6.45) is 1.09. The number of carbonyl (C=O) groups is 1. The standard InChI is InChI=1S/C15H18N2O3/c1-19-13-4-3-11(7-14(13)20-2)5-6-17-10-12(9-16)8-15(17)18/h3-4,7,12H,5-6,8,10H2,1-2H3. The minimum Gasteiger partial charge on any atom is -0.493 e. The molecule has 1 aliphatic rings. The van der Waals surface area contributed by atoms with Gasteiger partial charge in [-0.05, 0) is 24.1 Å². The van der Waals surface area contributed by atoms with Gasteiger partial charge in [-0.15, -0.1) is 0 Å². The largest absolute Gasteiger partial charge is 0.493 e. The van der Waals surface area contributed by atoms with E-state index < -0.39 is 0 Å². The van der Waals surface area contributed by atoms with Crippen molar-refractivity contribution in [2.75, 3.05) is 27.3 Å². The Balaban J connectivity index is 1.98. The maximum absolute atomic E-state index is 11.7. The summed E-state index contributed by atoms with van der Waals surface area (Å²) in [6.45, 7) is 1.18. The van der Waals surface area contributed by atoms with E-state index >= 15 is 0 Å². The molecular weight excluding hydrogens is 256 g/mol. The zero-order valence-corrected chi connectivity index (χ0v) is 11.8. The first kappa shape index (κ1) is 14.2. The molecule has 5 heteroatoms. The van der Waals surface area contributed by atoms with E-state index in [0.29, 0.717) is 31.0 Å². The van der Waals surface area contributed by atoms with Crippen molar-refractivity contribution in [1.82, 2.24) is 4.90 Å². The van der Waals surface area contributed by atoms with E-state index in [-0.39, 0.29) is 11.8 Å². The molecular formula is C15H18N2O3. The van der Waals surface area contributed by atoms with Crippen LogP contribution in [0.25, 0.3) is 0 Å². The number of carbonyl (C=O) groups excluding carboxylic acids is 1. The van der Waals surface area contributed by atoms with E-state index in [2.05, 4.69) is 6.07 Å². The van der Waals surface area contributed by atoms with Gasteiger partial charge in [0.1, 0.15) is 0 Å². The van der Waals surface area contributed by atoms with Gasteiger partial charge in [-0.2, -0.15) is 5.26 Å². The molecule has 0 N–H and O–H groups in total. The number of nitrogens with zero attached hydrogens (tertiary/aromatic N) is 2. The van der Waals surface area contributed by atoms with Gasteiger partial charge in [0, 0.05) is 19.5 Å². The maximum Gasteiger partial charge on any atom is 0.224 e. The smallest absolute Gasteiger partial charge is 0.224 e. The van der Waals surface area contributed by atoms with E-state index in [1.807, 2.05) is 18.2 Å². The zero-order valence-electron chi connectivity index (χ0n) is 11.8. The Morgan fingerprint density at radius 2 is 2.10 bits per heavy atom. The first-order chi connectivity index (χ1) is 9.67. The fourth-order valence-electron chi connectivity index (χ4n) is 2.37. The maximum atomic E-state index is 11.7. The van der Waals surface area contributed by atoms with Crippen molar-refractivity contribution in [1.29, 1.82) is 5.26 Å². The quantitative estimate of drug-likeness (QED) is 0.818. The summed E-state index contributed by atoms with van der Waals surface area (Å²) in [6, 6.07) is 7.90. The molecule has 1 saturated heterocycles. The predicted molar refractivity (Wildman–Crippen MR) is 73.6 cm³/mol. The number of hydrogen-bond acceptors (Lipinski definition) is 4. The number of rotatable bonds is 5. The molecule has 5 nitrogen and oxygen atoms in total. The molecule has 2 rings (SSSR count). The Hall–Kier alpha value is -2.22. The highest BCUT2D eigenvalue weighted by Crippen LogP contribution is 2.28. The lowest BCUT2D eigenvalue weighted by Crippen LogP contribution is -2.27. The van der Waals surface area contributed by atoms with Crippen LogP contribution in [0.15, 0.2) is 18.2 Å². The second-order valence-electron chi connectivity index (χ2n) is 4.81. The third kappa shape index (κ3) is 3.02.